The van der Waals surface area contributed by atoms with Crippen LogP contribution >= 0.6 is 0 Å². The van der Waals surface area contributed by atoms with Gasteiger partial charge in [0, 0.05) is 11.3 Å². The number of amides is 3. The van der Waals surface area contributed by atoms with Gasteiger partial charge in [-0.25, -0.2) is 9.18 Å². The molecule has 3 rings (SSSR count). The van der Waals surface area contributed by atoms with E-state index in [0.29, 0.717) is 16.8 Å². The van der Waals surface area contributed by atoms with Crippen molar-refractivity contribution in [2.24, 2.45) is 0 Å². The Kier molecular flexibility index (Phi) is 4.24. The first-order valence-corrected chi connectivity index (χ1v) is 7.17. The van der Waals surface area contributed by atoms with E-state index in [-0.39, 0.29) is 12.3 Å². The standard InChI is InChI=1S/C17H13FN2O4/c18-12-3-1-2-10(8-12)9-14(21)19-13-6-4-11(5-7-13)15-16(22)20-17(23)24-15/h1-8,15H,9H2,(H,19,21)(H,20,22,23). The van der Waals surface area contributed by atoms with E-state index >= 15 is 0 Å². The number of nitrogens with one attached hydrogen (secondary N) is 2. The molecule has 1 aliphatic rings. The lowest BCUT2D eigenvalue weighted by Crippen LogP contribution is -2.20. The summed E-state index contributed by atoms with van der Waals surface area (Å²) in [5, 5.41) is 4.72. The average molecular weight is 328 g/mol. The summed E-state index contributed by atoms with van der Waals surface area (Å²) < 4.78 is 17.9. The zero-order valence-electron chi connectivity index (χ0n) is 12.4. The monoisotopic (exact) mass is 328 g/mol. The van der Waals surface area contributed by atoms with E-state index < -0.39 is 23.9 Å². The van der Waals surface area contributed by atoms with Gasteiger partial charge in [-0.05, 0) is 29.8 Å². The molecule has 1 unspecified atom stereocenters. The number of imide groups is 1. The zero-order chi connectivity index (χ0) is 17.1. The number of cyclic esters (lactones) is 1. The third-order valence-corrected chi connectivity index (χ3v) is 3.44. The molecule has 24 heavy (non-hydrogen) atoms. The topological polar surface area (TPSA) is 84.5 Å². The number of hydrogen-bond donors (Lipinski definition) is 2. The van der Waals surface area contributed by atoms with Gasteiger partial charge in [0.25, 0.3) is 5.91 Å². The summed E-state index contributed by atoms with van der Waals surface area (Å²) in [6.45, 7) is 0. The molecule has 0 spiro atoms. The minimum atomic E-state index is -0.977. The van der Waals surface area contributed by atoms with Crippen molar-refractivity contribution in [1.29, 1.82) is 0 Å². The van der Waals surface area contributed by atoms with Gasteiger partial charge < -0.3 is 10.1 Å². The van der Waals surface area contributed by atoms with Crippen molar-refractivity contribution < 1.29 is 23.5 Å². The second-order valence-corrected chi connectivity index (χ2v) is 5.25. The number of carbonyl (C=O) groups excluding carboxylic acids is 3. The van der Waals surface area contributed by atoms with E-state index in [9.17, 15) is 18.8 Å². The number of carbonyl (C=O) groups is 3. The molecular formula is C17H13FN2O4. The largest absolute Gasteiger partial charge is 0.431 e. The van der Waals surface area contributed by atoms with Gasteiger partial charge in [-0.2, -0.15) is 0 Å². The highest BCUT2D eigenvalue weighted by Crippen LogP contribution is 2.23. The van der Waals surface area contributed by atoms with Crippen molar-refractivity contribution in [1.82, 2.24) is 5.32 Å². The van der Waals surface area contributed by atoms with Gasteiger partial charge in [-0.15, -0.1) is 0 Å². The zero-order valence-corrected chi connectivity index (χ0v) is 12.4. The maximum absolute atomic E-state index is 13.1. The van der Waals surface area contributed by atoms with Gasteiger partial charge >= 0.3 is 6.09 Å². The average Bonchev–Trinajstić information content (AvgIpc) is 2.86. The van der Waals surface area contributed by atoms with E-state index in [0.717, 1.165) is 0 Å². The van der Waals surface area contributed by atoms with Crippen LogP contribution in [-0.2, 0) is 20.7 Å². The molecule has 1 saturated heterocycles. The predicted molar refractivity (Wildman–Crippen MR) is 82.5 cm³/mol. The molecule has 122 valence electrons. The summed E-state index contributed by atoms with van der Waals surface area (Å²) in [7, 11) is 0. The van der Waals surface area contributed by atoms with Crippen LogP contribution in [0.1, 0.15) is 17.2 Å². The van der Waals surface area contributed by atoms with Gasteiger partial charge in [-0.3, -0.25) is 14.9 Å². The van der Waals surface area contributed by atoms with Gasteiger partial charge in [-0.1, -0.05) is 24.3 Å². The molecule has 7 heteroatoms. The van der Waals surface area contributed by atoms with Crippen molar-refractivity contribution in [3.8, 4) is 0 Å². The summed E-state index contributed by atoms with van der Waals surface area (Å²) in [6, 6.07) is 12.2. The van der Waals surface area contributed by atoms with Crippen LogP contribution in [0.25, 0.3) is 0 Å². The Morgan fingerprint density at radius 1 is 1.17 bits per heavy atom. The number of hydrogen-bond acceptors (Lipinski definition) is 4. The Hall–Kier alpha value is -3.22. The molecule has 0 aliphatic carbocycles. The third-order valence-electron chi connectivity index (χ3n) is 3.44. The number of ether oxygens (including phenoxy) is 1. The summed E-state index contributed by atoms with van der Waals surface area (Å²) in [5.74, 6) is -1.21. The number of rotatable bonds is 4. The normalized spacial score (nSPS) is 16.5. The maximum atomic E-state index is 13.1. The molecule has 2 N–H and O–H groups in total. The fourth-order valence-corrected chi connectivity index (χ4v) is 2.35. The molecule has 2 aromatic rings. The van der Waals surface area contributed by atoms with Gasteiger partial charge in [0.15, 0.2) is 0 Å². The molecule has 1 fully saturated rings. The summed E-state index contributed by atoms with van der Waals surface area (Å²) in [5.41, 5.74) is 1.59. The minimum absolute atomic E-state index is 0.0438. The molecule has 2 aromatic carbocycles. The van der Waals surface area contributed by atoms with Crippen LogP contribution in [0, 0.1) is 5.82 Å². The highest BCUT2D eigenvalue weighted by atomic mass is 19.1. The summed E-state index contributed by atoms with van der Waals surface area (Å²) in [4.78, 5) is 34.5. The molecule has 0 saturated carbocycles. The second-order valence-electron chi connectivity index (χ2n) is 5.25. The van der Waals surface area contributed by atoms with E-state index in [1.54, 1.807) is 36.4 Å². The van der Waals surface area contributed by atoms with Crippen LogP contribution in [0.5, 0.6) is 0 Å². The van der Waals surface area contributed by atoms with Crippen LogP contribution in [0.15, 0.2) is 48.5 Å². The number of halogens is 1. The first-order chi connectivity index (χ1) is 11.5. The van der Waals surface area contributed by atoms with Crippen molar-refractivity contribution in [3.63, 3.8) is 0 Å². The van der Waals surface area contributed by atoms with E-state index in [4.69, 9.17) is 4.74 Å². The minimum Gasteiger partial charge on any atom is -0.431 e. The van der Waals surface area contributed by atoms with Crippen LogP contribution in [-0.4, -0.2) is 17.9 Å². The lowest BCUT2D eigenvalue weighted by atomic mass is 10.1. The molecule has 1 aliphatic heterocycles. The Bertz CT molecular complexity index is 804. The third kappa shape index (κ3) is 3.57. The van der Waals surface area contributed by atoms with Crippen LogP contribution in [0.4, 0.5) is 14.9 Å². The van der Waals surface area contributed by atoms with E-state index in [1.807, 2.05) is 5.32 Å². The van der Waals surface area contributed by atoms with Crippen molar-refractivity contribution in [2.45, 2.75) is 12.5 Å². The van der Waals surface area contributed by atoms with E-state index in [2.05, 4.69) is 5.32 Å². The van der Waals surface area contributed by atoms with E-state index in [1.165, 1.54) is 12.1 Å². The lowest BCUT2D eigenvalue weighted by molar-refractivity contribution is -0.123. The molecule has 1 atom stereocenters. The maximum Gasteiger partial charge on any atom is 0.415 e. The Morgan fingerprint density at radius 3 is 2.54 bits per heavy atom. The lowest BCUT2D eigenvalue weighted by Gasteiger charge is -2.09. The van der Waals surface area contributed by atoms with Crippen molar-refractivity contribution in [3.05, 3.63) is 65.5 Å². The van der Waals surface area contributed by atoms with Gasteiger partial charge in [0.1, 0.15) is 5.82 Å². The molecule has 6 nitrogen and oxygen atoms in total. The second kappa shape index (κ2) is 6.49. The molecule has 0 aromatic heterocycles. The molecule has 0 bridgehead atoms. The Balaban J connectivity index is 1.63. The quantitative estimate of drug-likeness (QED) is 0.902. The fourth-order valence-electron chi connectivity index (χ4n) is 2.35. The highest BCUT2D eigenvalue weighted by Gasteiger charge is 2.33. The van der Waals surface area contributed by atoms with Crippen LogP contribution in [0.2, 0.25) is 0 Å². The number of benzene rings is 2. The molecular weight excluding hydrogens is 315 g/mol. The first kappa shape index (κ1) is 15.7. The predicted octanol–water partition coefficient (Wildman–Crippen LogP) is 2.31. The molecule has 3 amide bonds. The Morgan fingerprint density at radius 2 is 1.92 bits per heavy atom. The van der Waals surface area contributed by atoms with Gasteiger partial charge in [0.2, 0.25) is 12.0 Å². The fraction of sp³-hybridized carbons (Fsp3) is 0.118. The van der Waals surface area contributed by atoms with Crippen molar-refractivity contribution >= 4 is 23.6 Å². The van der Waals surface area contributed by atoms with Gasteiger partial charge in [0.05, 0.1) is 6.42 Å². The number of alkyl carbamates (subject to hydrolysis) is 1. The summed E-state index contributed by atoms with van der Waals surface area (Å²) >= 11 is 0. The van der Waals surface area contributed by atoms with Crippen LogP contribution < -0.4 is 10.6 Å². The smallest absolute Gasteiger partial charge is 0.415 e. The Labute approximate surface area is 136 Å². The molecule has 1 heterocycles. The highest BCUT2D eigenvalue weighted by molar-refractivity contribution is 6.00. The first-order valence-electron chi connectivity index (χ1n) is 7.17. The SMILES string of the molecule is O=C(Cc1cccc(F)c1)Nc1ccc(C2OC(=O)NC2=O)cc1. The summed E-state index contributed by atoms with van der Waals surface area (Å²) in [6.07, 6.45) is -1.71. The van der Waals surface area contributed by atoms with Crippen LogP contribution in [0.3, 0.4) is 0 Å². The van der Waals surface area contributed by atoms with Crippen molar-refractivity contribution in [2.75, 3.05) is 5.32 Å². The molecule has 0 radical (unpaired) electrons. The number of anilines is 1.